The zero-order chi connectivity index (χ0) is 14.9. The van der Waals surface area contributed by atoms with Crippen LogP contribution in [-0.2, 0) is 10.5 Å². The molecule has 112 valence electrons. The molecule has 8 heteroatoms. The van der Waals surface area contributed by atoms with Gasteiger partial charge >= 0.3 is 0 Å². The number of rotatable bonds is 4. The SMILES string of the molecule is OC[C@@H]1CO[C@](On2cncn2)(c2ccc(F)cc2F)C1. The molecule has 1 aliphatic heterocycles. The normalized spacial score (nSPS) is 25.2. The highest BCUT2D eigenvalue weighted by atomic mass is 19.1. The largest absolute Gasteiger partial charge is 0.396 e. The smallest absolute Gasteiger partial charge is 0.266 e. The topological polar surface area (TPSA) is 69.4 Å². The van der Waals surface area contributed by atoms with Gasteiger partial charge in [-0.15, -0.1) is 5.10 Å². The maximum Gasteiger partial charge on any atom is 0.266 e. The van der Waals surface area contributed by atoms with Gasteiger partial charge in [0.15, 0.2) is 6.33 Å². The van der Waals surface area contributed by atoms with Crippen molar-refractivity contribution in [3.63, 3.8) is 0 Å². The molecule has 0 bridgehead atoms. The molecule has 0 unspecified atom stereocenters. The third kappa shape index (κ3) is 2.59. The van der Waals surface area contributed by atoms with Crippen molar-refractivity contribution in [2.24, 2.45) is 5.92 Å². The Balaban J connectivity index is 1.99. The van der Waals surface area contributed by atoms with Crippen molar-refractivity contribution in [1.29, 1.82) is 0 Å². The predicted molar refractivity (Wildman–Crippen MR) is 65.8 cm³/mol. The lowest BCUT2D eigenvalue weighted by molar-refractivity contribution is -0.229. The molecule has 0 radical (unpaired) electrons. The molecule has 2 atom stereocenters. The summed E-state index contributed by atoms with van der Waals surface area (Å²) in [7, 11) is 0. The first-order chi connectivity index (χ1) is 10.1. The van der Waals surface area contributed by atoms with Gasteiger partial charge in [-0.25, -0.2) is 13.8 Å². The fourth-order valence-electron chi connectivity index (χ4n) is 2.36. The monoisotopic (exact) mass is 297 g/mol. The fourth-order valence-corrected chi connectivity index (χ4v) is 2.36. The van der Waals surface area contributed by atoms with Crippen molar-refractivity contribution in [3.05, 3.63) is 48.1 Å². The standard InChI is InChI=1S/C13H13F2N3O3/c14-10-1-2-11(12(15)3-10)13(4-9(5-19)6-20-13)21-18-8-16-7-17-18/h1-3,7-9,19H,4-6H2/t9-,13-/m1/s1. The maximum absolute atomic E-state index is 14.1. The lowest BCUT2D eigenvalue weighted by atomic mass is 9.97. The van der Waals surface area contributed by atoms with Crippen LogP contribution < -0.4 is 4.84 Å². The van der Waals surface area contributed by atoms with Crippen molar-refractivity contribution in [1.82, 2.24) is 14.9 Å². The Bertz CT molecular complexity index is 623. The molecule has 0 spiro atoms. The lowest BCUT2D eigenvalue weighted by Gasteiger charge is -2.28. The Morgan fingerprint density at radius 2 is 2.33 bits per heavy atom. The van der Waals surface area contributed by atoms with Gasteiger partial charge in [-0.2, -0.15) is 0 Å². The summed E-state index contributed by atoms with van der Waals surface area (Å²) < 4.78 is 32.8. The van der Waals surface area contributed by atoms with E-state index in [1.807, 2.05) is 0 Å². The molecule has 1 N–H and O–H groups in total. The van der Waals surface area contributed by atoms with Gasteiger partial charge in [0, 0.05) is 25.0 Å². The molecule has 0 aliphatic carbocycles. The number of hydrogen-bond donors (Lipinski definition) is 1. The first kappa shape index (κ1) is 13.9. The van der Waals surface area contributed by atoms with Crippen LogP contribution in [0.3, 0.4) is 0 Å². The minimum atomic E-state index is -1.47. The maximum atomic E-state index is 14.1. The third-order valence-corrected chi connectivity index (χ3v) is 3.35. The van der Waals surface area contributed by atoms with Crippen molar-refractivity contribution >= 4 is 0 Å². The van der Waals surface area contributed by atoms with E-state index in [1.54, 1.807) is 0 Å². The van der Waals surface area contributed by atoms with Gasteiger partial charge in [-0.1, -0.05) is 4.85 Å². The van der Waals surface area contributed by atoms with Gasteiger partial charge < -0.3 is 14.7 Å². The van der Waals surface area contributed by atoms with Crippen molar-refractivity contribution in [3.8, 4) is 0 Å². The zero-order valence-corrected chi connectivity index (χ0v) is 10.9. The highest BCUT2D eigenvalue weighted by molar-refractivity contribution is 5.24. The summed E-state index contributed by atoms with van der Waals surface area (Å²) in [5, 5.41) is 13.1. The van der Waals surface area contributed by atoms with E-state index in [2.05, 4.69) is 10.1 Å². The molecule has 1 fully saturated rings. The molecule has 0 amide bonds. The van der Waals surface area contributed by atoms with Crippen LogP contribution in [0, 0.1) is 17.6 Å². The number of aliphatic hydroxyl groups excluding tert-OH is 1. The Kier molecular flexibility index (Phi) is 3.56. The van der Waals surface area contributed by atoms with E-state index in [1.165, 1.54) is 18.7 Å². The first-order valence-corrected chi connectivity index (χ1v) is 6.37. The Hall–Kier alpha value is -2.06. The van der Waals surface area contributed by atoms with Gasteiger partial charge in [-0.3, -0.25) is 0 Å². The molecule has 3 rings (SSSR count). The molecular formula is C13H13F2N3O3. The molecule has 2 heterocycles. The molecule has 0 saturated carbocycles. The number of nitrogens with zero attached hydrogens (tertiary/aromatic N) is 3. The van der Waals surface area contributed by atoms with Crippen LogP contribution in [0.5, 0.6) is 0 Å². The third-order valence-electron chi connectivity index (χ3n) is 3.35. The summed E-state index contributed by atoms with van der Waals surface area (Å²) in [5.41, 5.74) is 0.0513. The fraction of sp³-hybridized carbons (Fsp3) is 0.385. The predicted octanol–water partition coefficient (Wildman–Crippen LogP) is 0.867. The number of benzene rings is 1. The van der Waals surface area contributed by atoms with Crippen LogP contribution in [0.15, 0.2) is 30.9 Å². The summed E-state index contributed by atoms with van der Waals surface area (Å²) in [6, 6.07) is 3.15. The quantitative estimate of drug-likeness (QED) is 0.906. The van der Waals surface area contributed by atoms with Gasteiger partial charge in [0.2, 0.25) is 0 Å². The van der Waals surface area contributed by atoms with Crippen molar-refractivity contribution < 1.29 is 23.5 Å². The Labute approximate surface area is 118 Å². The van der Waals surface area contributed by atoms with Crippen LogP contribution in [0.2, 0.25) is 0 Å². The van der Waals surface area contributed by atoms with Gasteiger partial charge in [-0.05, 0) is 12.1 Å². The lowest BCUT2D eigenvalue weighted by Crippen LogP contribution is -2.39. The molecule has 6 nitrogen and oxygen atoms in total. The Morgan fingerprint density at radius 3 is 2.95 bits per heavy atom. The summed E-state index contributed by atoms with van der Waals surface area (Å²) in [6.07, 6.45) is 2.76. The number of halogens is 2. The van der Waals surface area contributed by atoms with Crippen LogP contribution in [0.4, 0.5) is 8.78 Å². The average Bonchev–Trinajstić information content (AvgIpc) is 3.09. The van der Waals surface area contributed by atoms with Crippen LogP contribution in [0.1, 0.15) is 12.0 Å². The number of ether oxygens (including phenoxy) is 1. The van der Waals surface area contributed by atoms with Gasteiger partial charge in [0.05, 0.1) is 12.2 Å². The second-order valence-electron chi connectivity index (χ2n) is 4.83. The molecular weight excluding hydrogens is 284 g/mol. The summed E-state index contributed by atoms with van der Waals surface area (Å²) in [4.78, 5) is 10.4. The van der Waals surface area contributed by atoms with E-state index >= 15 is 0 Å². The summed E-state index contributed by atoms with van der Waals surface area (Å²) in [6.45, 7) is 0.0767. The molecule has 2 aromatic rings. The highest BCUT2D eigenvalue weighted by Crippen LogP contribution is 2.39. The van der Waals surface area contributed by atoms with E-state index in [9.17, 15) is 13.9 Å². The minimum absolute atomic E-state index is 0.0513. The molecule has 1 saturated heterocycles. The molecule has 21 heavy (non-hydrogen) atoms. The second-order valence-corrected chi connectivity index (χ2v) is 4.83. The average molecular weight is 297 g/mol. The van der Waals surface area contributed by atoms with Crippen LogP contribution in [-0.4, -0.2) is 33.2 Å². The van der Waals surface area contributed by atoms with Crippen LogP contribution >= 0.6 is 0 Å². The minimum Gasteiger partial charge on any atom is -0.396 e. The number of hydrogen-bond acceptors (Lipinski definition) is 5. The van der Waals surface area contributed by atoms with Crippen LogP contribution in [0.25, 0.3) is 0 Å². The molecule has 1 aliphatic rings. The van der Waals surface area contributed by atoms with Crippen molar-refractivity contribution in [2.45, 2.75) is 12.2 Å². The van der Waals surface area contributed by atoms with Gasteiger partial charge in [0.25, 0.3) is 5.79 Å². The van der Waals surface area contributed by atoms with E-state index in [4.69, 9.17) is 9.57 Å². The highest BCUT2D eigenvalue weighted by Gasteiger charge is 2.47. The summed E-state index contributed by atoms with van der Waals surface area (Å²) in [5.74, 6) is -3.16. The van der Waals surface area contributed by atoms with Gasteiger partial charge in [0.1, 0.15) is 18.0 Å². The van der Waals surface area contributed by atoms with E-state index < -0.39 is 17.4 Å². The second kappa shape index (κ2) is 5.38. The zero-order valence-electron chi connectivity index (χ0n) is 10.9. The molecule has 1 aromatic heterocycles. The van der Waals surface area contributed by atoms with Crippen molar-refractivity contribution in [2.75, 3.05) is 13.2 Å². The number of aromatic nitrogens is 3. The summed E-state index contributed by atoms with van der Waals surface area (Å²) >= 11 is 0. The molecule has 1 aromatic carbocycles. The number of aliphatic hydroxyl groups is 1. The van der Waals surface area contributed by atoms with E-state index in [0.29, 0.717) is 0 Å². The first-order valence-electron chi connectivity index (χ1n) is 6.37. The Morgan fingerprint density at radius 1 is 1.48 bits per heavy atom. The van der Waals surface area contributed by atoms with E-state index in [0.717, 1.165) is 17.0 Å². The van der Waals surface area contributed by atoms with E-state index in [-0.39, 0.29) is 31.1 Å².